The monoisotopic (exact) mass is 233 g/mol. The zero-order chi connectivity index (χ0) is 12.3. The van der Waals surface area contributed by atoms with E-state index in [9.17, 15) is 8.78 Å². The molecule has 17 heavy (non-hydrogen) atoms. The van der Waals surface area contributed by atoms with Crippen molar-refractivity contribution in [3.8, 4) is 0 Å². The number of hydrogen-bond donors (Lipinski definition) is 1. The first-order valence-corrected chi connectivity index (χ1v) is 5.41. The second kappa shape index (κ2) is 5.06. The molecule has 0 aromatic heterocycles. The fourth-order valence-corrected chi connectivity index (χ4v) is 1.75. The van der Waals surface area contributed by atoms with Gasteiger partial charge in [-0.3, -0.25) is 0 Å². The molecular formula is C14H13F2N. The van der Waals surface area contributed by atoms with Crippen molar-refractivity contribution in [2.45, 2.75) is 13.0 Å². The summed E-state index contributed by atoms with van der Waals surface area (Å²) < 4.78 is 26.2. The lowest BCUT2D eigenvalue weighted by atomic mass is 10.0. The van der Waals surface area contributed by atoms with Gasteiger partial charge in [-0.05, 0) is 22.8 Å². The van der Waals surface area contributed by atoms with Crippen LogP contribution in [0.25, 0.3) is 0 Å². The third-order valence-electron chi connectivity index (χ3n) is 2.64. The Morgan fingerprint density at radius 1 is 0.941 bits per heavy atom. The van der Waals surface area contributed by atoms with Gasteiger partial charge in [0.05, 0.1) is 0 Å². The van der Waals surface area contributed by atoms with Gasteiger partial charge in [0.25, 0.3) is 0 Å². The molecule has 0 heterocycles. The minimum atomic E-state index is -0.554. The molecule has 2 N–H and O–H groups in total. The van der Waals surface area contributed by atoms with E-state index >= 15 is 0 Å². The largest absolute Gasteiger partial charge is 0.326 e. The van der Waals surface area contributed by atoms with Crippen molar-refractivity contribution in [2.75, 3.05) is 0 Å². The first-order valence-electron chi connectivity index (χ1n) is 5.41. The van der Waals surface area contributed by atoms with Gasteiger partial charge in [0, 0.05) is 19.0 Å². The van der Waals surface area contributed by atoms with Crippen LogP contribution in [-0.4, -0.2) is 0 Å². The number of nitrogens with two attached hydrogens (primary N) is 1. The van der Waals surface area contributed by atoms with Gasteiger partial charge in [-0.2, -0.15) is 0 Å². The number of halogens is 2. The summed E-state index contributed by atoms with van der Waals surface area (Å²) in [6.07, 6.45) is 0.444. The summed E-state index contributed by atoms with van der Waals surface area (Å²) in [6.45, 7) is 0.458. The fraction of sp³-hybridized carbons (Fsp3) is 0.143. The van der Waals surface area contributed by atoms with Crippen molar-refractivity contribution in [1.82, 2.24) is 0 Å². The van der Waals surface area contributed by atoms with Crippen LogP contribution >= 0.6 is 0 Å². The average Bonchev–Trinajstić information content (AvgIpc) is 2.33. The van der Waals surface area contributed by atoms with Crippen LogP contribution in [0.2, 0.25) is 0 Å². The Bertz CT molecular complexity index is 523. The Labute approximate surface area is 98.9 Å². The molecule has 0 saturated carbocycles. The smallest absolute Gasteiger partial charge is 0.129 e. The highest BCUT2D eigenvalue weighted by atomic mass is 19.1. The van der Waals surface area contributed by atoms with Crippen molar-refractivity contribution in [1.29, 1.82) is 0 Å². The van der Waals surface area contributed by atoms with Gasteiger partial charge in [-0.25, -0.2) is 8.78 Å². The lowest BCUT2D eigenvalue weighted by molar-refractivity contribution is 0.574. The lowest BCUT2D eigenvalue weighted by Gasteiger charge is -2.05. The molecule has 0 bridgehead atoms. The average molecular weight is 233 g/mol. The highest BCUT2D eigenvalue weighted by Gasteiger charge is 2.05. The number of hydrogen-bond acceptors (Lipinski definition) is 1. The van der Waals surface area contributed by atoms with Gasteiger partial charge in [0.1, 0.15) is 11.6 Å². The molecule has 0 fully saturated rings. The van der Waals surface area contributed by atoms with Crippen LogP contribution in [0.1, 0.15) is 16.7 Å². The lowest BCUT2D eigenvalue weighted by Crippen LogP contribution is -1.98. The van der Waals surface area contributed by atoms with Gasteiger partial charge in [0.2, 0.25) is 0 Å². The van der Waals surface area contributed by atoms with Gasteiger partial charge in [-0.15, -0.1) is 0 Å². The minimum absolute atomic E-state index is 0.444. The zero-order valence-electron chi connectivity index (χ0n) is 9.29. The van der Waals surface area contributed by atoms with Crippen LogP contribution < -0.4 is 5.73 Å². The molecule has 0 amide bonds. The first-order chi connectivity index (χ1) is 8.19. The van der Waals surface area contributed by atoms with E-state index < -0.39 is 11.6 Å². The van der Waals surface area contributed by atoms with Crippen LogP contribution in [0.4, 0.5) is 8.78 Å². The van der Waals surface area contributed by atoms with Crippen molar-refractivity contribution in [3.63, 3.8) is 0 Å². The molecule has 88 valence electrons. The molecule has 3 heteroatoms. The fourth-order valence-electron chi connectivity index (χ4n) is 1.75. The van der Waals surface area contributed by atoms with E-state index in [1.807, 2.05) is 24.3 Å². The first kappa shape index (κ1) is 11.7. The maximum atomic E-state index is 13.5. The van der Waals surface area contributed by atoms with Gasteiger partial charge in [0.15, 0.2) is 0 Å². The highest BCUT2D eigenvalue weighted by molar-refractivity contribution is 5.30. The summed E-state index contributed by atoms with van der Waals surface area (Å²) in [7, 11) is 0. The third kappa shape index (κ3) is 2.88. The molecule has 1 nitrogen and oxygen atoms in total. The van der Waals surface area contributed by atoms with Crippen molar-refractivity contribution in [2.24, 2.45) is 5.73 Å². The predicted octanol–water partition coefficient (Wildman–Crippen LogP) is 3.01. The summed E-state index contributed by atoms with van der Waals surface area (Å²) in [5, 5.41) is 0. The van der Waals surface area contributed by atoms with E-state index in [4.69, 9.17) is 5.73 Å². The van der Waals surface area contributed by atoms with Crippen molar-refractivity contribution >= 4 is 0 Å². The van der Waals surface area contributed by atoms with Gasteiger partial charge >= 0.3 is 0 Å². The maximum Gasteiger partial charge on any atom is 0.129 e. The van der Waals surface area contributed by atoms with E-state index in [0.29, 0.717) is 18.5 Å². The van der Waals surface area contributed by atoms with Crippen molar-refractivity contribution < 1.29 is 8.78 Å². The molecule has 0 unspecified atom stereocenters. The predicted molar refractivity (Wildman–Crippen MR) is 63.5 cm³/mol. The minimum Gasteiger partial charge on any atom is -0.326 e. The van der Waals surface area contributed by atoms with Crippen LogP contribution in [0.3, 0.4) is 0 Å². The zero-order valence-corrected chi connectivity index (χ0v) is 9.29. The molecule has 0 aliphatic carbocycles. The van der Waals surface area contributed by atoms with E-state index in [0.717, 1.165) is 17.2 Å². The molecule has 0 atom stereocenters. The second-order valence-corrected chi connectivity index (χ2v) is 3.94. The summed E-state index contributed by atoms with van der Waals surface area (Å²) in [4.78, 5) is 0. The van der Waals surface area contributed by atoms with Gasteiger partial charge in [-0.1, -0.05) is 30.3 Å². The Hall–Kier alpha value is -1.74. The molecule has 2 rings (SSSR count). The van der Waals surface area contributed by atoms with Crippen LogP contribution in [-0.2, 0) is 13.0 Å². The number of rotatable bonds is 3. The number of benzene rings is 2. The van der Waals surface area contributed by atoms with E-state index in [2.05, 4.69) is 0 Å². The molecule has 0 radical (unpaired) electrons. The normalized spacial score (nSPS) is 10.5. The Morgan fingerprint density at radius 3 is 2.41 bits per heavy atom. The molecular weight excluding hydrogens is 220 g/mol. The Morgan fingerprint density at radius 2 is 1.71 bits per heavy atom. The van der Waals surface area contributed by atoms with E-state index in [-0.39, 0.29) is 0 Å². The second-order valence-electron chi connectivity index (χ2n) is 3.94. The Kier molecular flexibility index (Phi) is 3.49. The van der Waals surface area contributed by atoms with Crippen LogP contribution in [0.15, 0.2) is 42.5 Å². The van der Waals surface area contributed by atoms with Crippen LogP contribution in [0, 0.1) is 11.6 Å². The van der Waals surface area contributed by atoms with Gasteiger partial charge < -0.3 is 5.73 Å². The molecule has 0 aliphatic heterocycles. The Balaban J connectivity index is 2.25. The standard InChI is InChI=1S/C14H13F2N/c15-13-5-4-12(14(16)8-13)7-10-2-1-3-11(6-10)9-17/h1-6,8H,7,9,17H2. The van der Waals surface area contributed by atoms with E-state index in [1.165, 1.54) is 12.1 Å². The maximum absolute atomic E-state index is 13.5. The topological polar surface area (TPSA) is 26.0 Å². The molecule has 0 aliphatic rings. The molecule has 0 spiro atoms. The molecule has 2 aromatic carbocycles. The van der Waals surface area contributed by atoms with Crippen LogP contribution in [0.5, 0.6) is 0 Å². The summed E-state index contributed by atoms with van der Waals surface area (Å²) in [6, 6.07) is 11.3. The molecule has 0 saturated heterocycles. The summed E-state index contributed by atoms with van der Waals surface area (Å²) >= 11 is 0. The summed E-state index contributed by atoms with van der Waals surface area (Å²) in [5.41, 5.74) is 8.00. The SMILES string of the molecule is NCc1cccc(Cc2ccc(F)cc2F)c1. The highest BCUT2D eigenvalue weighted by Crippen LogP contribution is 2.15. The van der Waals surface area contributed by atoms with E-state index in [1.54, 1.807) is 0 Å². The quantitative estimate of drug-likeness (QED) is 0.866. The summed E-state index contributed by atoms with van der Waals surface area (Å²) in [5.74, 6) is -1.06. The van der Waals surface area contributed by atoms with Crippen molar-refractivity contribution in [3.05, 3.63) is 70.8 Å². The third-order valence-corrected chi connectivity index (χ3v) is 2.64. The molecule has 2 aromatic rings.